The first-order valence-electron chi connectivity index (χ1n) is 8.29. The first-order chi connectivity index (χ1) is 12.5. The molecule has 1 aliphatic rings. The molecule has 0 radical (unpaired) electrons. The van der Waals surface area contributed by atoms with Gasteiger partial charge in [0.2, 0.25) is 0 Å². The third-order valence-corrected chi connectivity index (χ3v) is 5.72. The molecule has 3 aromatic rings. The van der Waals surface area contributed by atoms with E-state index in [0.29, 0.717) is 10.5 Å². The highest BCUT2D eigenvalue weighted by Gasteiger charge is 2.23. The summed E-state index contributed by atoms with van der Waals surface area (Å²) in [5.41, 5.74) is 1.85. The summed E-state index contributed by atoms with van der Waals surface area (Å²) in [5.74, 6) is -1.15. The van der Waals surface area contributed by atoms with Crippen LogP contribution in [0.3, 0.4) is 0 Å². The highest BCUT2D eigenvalue weighted by molar-refractivity contribution is 7.90. The van der Waals surface area contributed by atoms with Crippen molar-refractivity contribution < 1.29 is 18.2 Å². The fourth-order valence-corrected chi connectivity index (χ4v) is 3.85. The number of aryl methyl sites for hydroxylation is 1. The van der Waals surface area contributed by atoms with E-state index < -0.39 is 23.1 Å². The third kappa shape index (κ3) is 3.04. The van der Waals surface area contributed by atoms with Crippen LogP contribution in [0.1, 0.15) is 22.5 Å². The van der Waals surface area contributed by atoms with Crippen LogP contribution in [0.2, 0.25) is 0 Å². The minimum absolute atomic E-state index is 0.0680. The summed E-state index contributed by atoms with van der Waals surface area (Å²) in [5, 5.41) is 0.237. The molecule has 1 aromatic heterocycles. The number of carbonyl (C=O) groups is 1. The number of hydrogen-bond donors (Lipinski definition) is 1. The SMILES string of the molecule is Cc1ccccc1[S+]([O-])NC(=O)c1cc2c(F)cc(N3CCC3)cc2o1. The standard InChI is InChI=1S/C19H17FN2O3S/c1-12-5-2-3-6-18(12)26(24)21-19(23)17-11-14-15(20)9-13(10-16(14)25-17)22-7-4-8-22/h2-3,5-6,9-11H,4,7-8H2,1H3,(H,21,23). The van der Waals surface area contributed by atoms with Crippen molar-refractivity contribution in [2.45, 2.75) is 18.2 Å². The lowest BCUT2D eigenvalue weighted by molar-refractivity contribution is 0.0956. The maximum absolute atomic E-state index is 14.3. The Morgan fingerprint density at radius 3 is 2.73 bits per heavy atom. The van der Waals surface area contributed by atoms with E-state index in [9.17, 15) is 13.7 Å². The number of halogens is 1. The Kier molecular flexibility index (Phi) is 4.34. The van der Waals surface area contributed by atoms with Crippen molar-refractivity contribution in [1.29, 1.82) is 0 Å². The van der Waals surface area contributed by atoms with E-state index in [4.69, 9.17) is 4.42 Å². The lowest BCUT2D eigenvalue weighted by Gasteiger charge is -2.33. The maximum atomic E-state index is 14.3. The van der Waals surface area contributed by atoms with Crippen LogP contribution in [0.15, 0.2) is 51.8 Å². The zero-order chi connectivity index (χ0) is 18.3. The first-order valence-corrected chi connectivity index (χ1v) is 9.44. The zero-order valence-corrected chi connectivity index (χ0v) is 14.9. The molecule has 1 amide bonds. The zero-order valence-electron chi connectivity index (χ0n) is 14.1. The molecule has 2 aromatic carbocycles. The van der Waals surface area contributed by atoms with Crippen LogP contribution in [0, 0.1) is 12.7 Å². The van der Waals surface area contributed by atoms with E-state index in [1.54, 1.807) is 18.2 Å². The van der Waals surface area contributed by atoms with Gasteiger partial charge in [-0.15, -0.1) is 0 Å². The number of carbonyl (C=O) groups excluding carboxylic acids is 1. The number of furan rings is 1. The second-order valence-corrected chi connectivity index (χ2v) is 7.44. The van der Waals surface area contributed by atoms with E-state index in [2.05, 4.69) is 4.72 Å². The summed E-state index contributed by atoms with van der Waals surface area (Å²) in [6.45, 7) is 3.58. The topological polar surface area (TPSA) is 68.5 Å². The molecule has 1 aliphatic heterocycles. The van der Waals surface area contributed by atoms with Gasteiger partial charge < -0.3 is 13.9 Å². The van der Waals surface area contributed by atoms with Gasteiger partial charge in [-0.05, 0) is 25.5 Å². The van der Waals surface area contributed by atoms with Crippen LogP contribution in [-0.4, -0.2) is 23.5 Å². The Morgan fingerprint density at radius 2 is 2.04 bits per heavy atom. The summed E-state index contributed by atoms with van der Waals surface area (Å²) in [4.78, 5) is 14.9. The third-order valence-electron chi connectivity index (χ3n) is 4.50. The van der Waals surface area contributed by atoms with Gasteiger partial charge in [-0.25, -0.2) is 4.39 Å². The minimum Gasteiger partial charge on any atom is -0.588 e. The number of fused-ring (bicyclic) bond motifs is 1. The molecule has 0 spiro atoms. The normalized spacial score (nSPS) is 15.0. The minimum atomic E-state index is -1.72. The molecular weight excluding hydrogens is 355 g/mol. The van der Waals surface area contributed by atoms with Crippen molar-refractivity contribution in [3.8, 4) is 0 Å². The van der Waals surface area contributed by atoms with Gasteiger partial charge in [0.1, 0.15) is 22.8 Å². The van der Waals surface area contributed by atoms with Crippen LogP contribution < -0.4 is 9.62 Å². The van der Waals surface area contributed by atoms with Crippen molar-refractivity contribution in [2.75, 3.05) is 18.0 Å². The lowest BCUT2D eigenvalue weighted by atomic mass is 10.1. The lowest BCUT2D eigenvalue weighted by Crippen LogP contribution is -2.36. The van der Waals surface area contributed by atoms with Crippen molar-refractivity contribution in [3.63, 3.8) is 0 Å². The van der Waals surface area contributed by atoms with Gasteiger partial charge in [-0.3, -0.25) is 4.79 Å². The molecule has 1 N–H and O–H groups in total. The molecule has 26 heavy (non-hydrogen) atoms. The fraction of sp³-hybridized carbons (Fsp3) is 0.211. The molecule has 5 nitrogen and oxygen atoms in total. The second kappa shape index (κ2) is 6.66. The van der Waals surface area contributed by atoms with Crippen LogP contribution in [-0.2, 0) is 11.4 Å². The number of rotatable bonds is 4. The van der Waals surface area contributed by atoms with Crippen molar-refractivity contribution >= 4 is 33.9 Å². The quantitative estimate of drug-likeness (QED) is 0.711. The fourth-order valence-electron chi connectivity index (χ4n) is 2.91. The molecule has 1 fully saturated rings. The largest absolute Gasteiger partial charge is 0.588 e. The molecule has 4 rings (SSSR count). The molecular formula is C19H17FN2O3S. The Labute approximate surface area is 153 Å². The van der Waals surface area contributed by atoms with Gasteiger partial charge in [0.05, 0.1) is 5.39 Å². The average molecular weight is 372 g/mol. The number of anilines is 1. The maximum Gasteiger partial charge on any atom is 0.328 e. The first kappa shape index (κ1) is 16.9. The van der Waals surface area contributed by atoms with Crippen LogP contribution in [0.4, 0.5) is 10.1 Å². The average Bonchev–Trinajstić information content (AvgIpc) is 2.98. The van der Waals surface area contributed by atoms with E-state index in [1.807, 2.05) is 24.0 Å². The van der Waals surface area contributed by atoms with Gasteiger partial charge >= 0.3 is 5.91 Å². The summed E-state index contributed by atoms with van der Waals surface area (Å²) >= 11 is -1.72. The van der Waals surface area contributed by atoms with E-state index in [1.165, 1.54) is 12.1 Å². The van der Waals surface area contributed by atoms with E-state index in [0.717, 1.165) is 30.8 Å². The molecule has 0 aliphatic carbocycles. The molecule has 134 valence electrons. The van der Waals surface area contributed by atoms with Crippen LogP contribution >= 0.6 is 0 Å². The summed E-state index contributed by atoms with van der Waals surface area (Å²) in [6, 6.07) is 11.6. The van der Waals surface area contributed by atoms with Crippen molar-refractivity contribution in [2.24, 2.45) is 0 Å². The Bertz CT molecular complexity index is 984. The predicted molar refractivity (Wildman–Crippen MR) is 98.1 cm³/mol. The number of benzene rings is 2. The van der Waals surface area contributed by atoms with Crippen LogP contribution in [0.5, 0.6) is 0 Å². The van der Waals surface area contributed by atoms with E-state index >= 15 is 0 Å². The highest BCUT2D eigenvalue weighted by Crippen LogP contribution is 2.30. The van der Waals surface area contributed by atoms with Crippen molar-refractivity contribution in [1.82, 2.24) is 4.72 Å². The van der Waals surface area contributed by atoms with Crippen LogP contribution in [0.25, 0.3) is 11.0 Å². The Morgan fingerprint density at radius 1 is 1.27 bits per heavy atom. The summed E-state index contributed by atoms with van der Waals surface area (Å²) < 4.78 is 34.6. The summed E-state index contributed by atoms with van der Waals surface area (Å²) in [7, 11) is 0. The molecule has 0 bridgehead atoms. The number of nitrogens with zero attached hydrogens (tertiary/aromatic N) is 1. The molecule has 1 saturated heterocycles. The predicted octanol–water partition coefficient (Wildman–Crippen LogP) is 3.54. The smallest absolute Gasteiger partial charge is 0.328 e. The number of nitrogens with one attached hydrogen (secondary N) is 1. The number of hydrogen-bond acceptors (Lipinski definition) is 4. The molecule has 1 unspecified atom stereocenters. The Balaban J connectivity index is 1.59. The molecule has 7 heteroatoms. The van der Waals surface area contributed by atoms with Gasteiger partial charge in [0.25, 0.3) is 0 Å². The monoisotopic (exact) mass is 372 g/mol. The van der Waals surface area contributed by atoms with Gasteiger partial charge in [-0.2, -0.15) is 4.72 Å². The van der Waals surface area contributed by atoms with Crippen molar-refractivity contribution in [3.05, 3.63) is 59.6 Å². The Hall–Kier alpha value is -2.51. The molecule has 1 atom stereocenters. The summed E-state index contributed by atoms with van der Waals surface area (Å²) in [6.07, 6.45) is 1.08. The highest BCUT2D eigenvalue weighted by atomic mass is 32.2. The molecule has 0 saturated carbocycles. The second-order valence-electron chi connectivity index (χ2n) is 6.26. The van der Waals surface area contributed by atoms with E-state index in [-0.39, 0.29) is 11.1 Å². The number of amides is 1. The molecule has 2 heterocycles. The van der Waals surface area contributed by atoms with Gasteiger partial charge in [0.15, 0.2) is 10.7 Å². The van der Waals surface area contributed by atoms with Gasteiger partial charge in [-0.1, -0.05) is 18.2 Å². The van der Waals surface area contributed by atoms with Gasteiger partial charge in [0, 0.05) is 36.5 Å².